The lowest BCUT2D eigenvalue weighted by molar-refractivity contribution is -0.117. The van der Waals surface area contributed by atoms with Crippen LogP contribution in [0.2, 0.25) is 0 Å². The molecule has 0 spiro atoms. The Labute approximate surface area is 161 Å². The van der Waals surface area contributed by atoms with E-state index in [1.54, 1.807) is 36.5 Å². The summed E-state index contributed by atoms with van der Waals surface area (Å²) in [6.45, 7) is 0.390. The normalized spacial score (nSPS) is 15.0. The van der Waals surface area contributed by atoms with Crippen LogP contribution in [0.4, 0.5) is 5.69 Å². The van der Waals surface area contributed by atoms with E-state index in [9.17, 15) is 9.59 Å². The highest BCUT2D eigenvalue weighted by Crippen LogP contribution is 2.36. The van der Waals surface area contributed by atoms with Gasteiger partial charge in [0.1, 0.15) is 18.4 Å². The quantitative estimate of drug-likeness (QED) is 0.686. The molecule has 0 saturated carbocycles. The minimum absolute atomic E-state index is 0.0594. The van der Waals surface area contributed by atoms with Crippen LogP contribution in [0.1, 0.15) is 28.3 Å². The van der Waals surface area contributed by atoms with Gasteiger partial charge in [0, 0.05) is 23.5 Å². The van der Waals surface area contributed by atoms with Crippen LogP contribution in [-0.2, 0) is 4.79 Å². The zero-order chi connectivity index (χ0) is 19.5. The fourth-order valence-corrected chi connectivity index (χ4v) is 3.27. The third kappa shape index (κ3) is 3.44. The number of methoxy groups -OCH3 is 1. The van der Waals surface area contributed by atoms with Crippen molar-refractivity contribution in [1.29, 1.82) is 0 Å². The summed E-state index contributed by atoms with van der Waals surface area (Å²) in [6.07, 6.45) is 3.69. The molecule has 0 fully saturated rings. The monoisotopic (exact) mass is 377 g/mol. The van der Waals surface area contributed by atoms with E-state index in [2.05, 4.69) is 20.8 Å². The summed E-state index contributed by atoms with van der Waals surface area (Å²) in [6, 6.07) is 12.6. The van der Waals surface area contributed by atoms with Gasteiger partial charge in [0.25, 0.3) is 5.91 Å². The lowest BCUT2D eigenvalue weighted by Gasteiger charge is -2.11. The highest BCUT2D eigenvalue weighted by Gasteiger charge is 2.30. The number of hydrogen-bond acceptors (Lipinski definition) is 5. The molecule has 1 unspecified atom stereocenters. The van der Waals surface area contributed by atoms with E-state index in [4.69, 9.17) is 4.74 Å². The van der Waals surface area contributed by atoms with Crippen LogP contribution in [0, 0.1) is 0 Å². The molecule has 2 heterocycles. The molecule has 1 aliphatic heterocycles. The molecule has 3 aromatic rings. The van der Waals surface area contributed by atoms with Gasteiger partial charge in [-0.1, -0.05) is 0 Å². The summed E-state index contributed by atoms with van der Waals surface area (Å²) in [5.74, 6) is 0.161. The number of benzene rings is 2. The van der Waals surface area contributed by atoms with E-state index in [0.29, 0.717) is 24.3 Å². The van der Waals surface area contributed by atoms with E-state index in [-0.39, 0.29) is 17.7 Å². The number of amides is 2. The van der Waals surface area contributed by atoms with E-state index < -0.39 is 0 Å². The Morgan fingerprint density at radius 1 is 1.18 bits per heavy atom. The predicted octanol–water partition coefficient (Wildman–Crippen LogP) is 2.13. The molecular weight excluding hydrogens is 358 g/mol. The second kappa shape index (κ2) is 7.51. The minimum atomic E-state index is -0.304. The van der Waals surface area contributed by atoms with Crippen LogP contribution in [0.15, 0.2) is 55.1 Å². The van der Waals surface area contributed by atoms with Crippen molar-refractivity contribution in [3.8, 4) is 11.4 Å². The third-order valence-corrected chi connectivity index (χ3v) is 4.77. The lowest BCUT2D eigenvalue weighted by Crippen LogP contribution is -2.27. The number of nitrogens with one attached hydrogen (secondary N) is 2. The first kappa shape index (κ1) is 17.7. The molecule has 0 radical (unpaired) electrons. The second-order valence-electron chi connectivity index (χ2n) is 6.46. The molecule has 1 aliphatic rings. The number of ether oxygens (including phenoxy) is 1. The summed E-state index contributed by atoms with van der Waals surface area (Å²) in [5.41, 5.74) is 3.12. The minimum Gasteiger partial charge on any atom is -0.497 e. The van der Waals surface area contributed by atoms with E-state index >= 15 is 0 Å². The summed E-state index contributed by atoms with van der Waals surface area (Å²) in [5, 5.41) is 13.3. The van der Waals surface area contributed by atoms with Crippen LogP contribution in [-0.4, -0.2) is 40.2 Å². The SMILES string of the molecule is COc1ccc2c(c1)C(CCNC(=O)c1ccc(-n3cnnc3)cc1)C(=O)N2. The van der Waals surface area contributed by atoms with Gasteiger partial charge in [0.15, 0.2) is 0 Å². The molecule has 0 bridgehead atoms. The summed E-state index contributed by atoms with van der Waals surface area (Å²) < 4.78 is 7.00. The first-order valence-corrected chi connectivity index (χ1v) is 8.88. The molecule has 0 saturated heterocycles. The number of carbonyl (C=O) groups excluding carboxylic acids is 2. The largest absolute Gasteiger partial charge is 0.497 e. The molecule has 28 heavy (non-hydrogen) atoms. The van der Waals surface area contributed by atoms with Gasteiger partial charge >= 0.3 is 0 Å². The first-order valence-electron chi connectivity index (χ1n) is 8.88. The molecule has 0 aliphatic carbocycles. The number of fused-ring (bicyclic) bond motifs is 1. The van der Waals surface area contributed by atoms with Crippen molar-refractivity contribution in [2.45, 2.75) is 12.3 Å². The number of anilines is 1. The summed E-state index contributed by atoms with van der Waals surface area (Å²) in [7, 11) is 1.59. The Hall–Kier alpha value is -3.68. The van der Waals surface area contributed by atoms with Gasteiger partial charge in [-0.3, -0.25) is 14.2 Å². The Balaban J connectivity index is 1.36. The Morgan fingerprint density at radius 3 is 2.64 bits per heavy atom. The molecule has 1 aromatic heterocycles. The maximum absolute atomic E-state index is 12.4. The molecule has 2 N–H and O–H groups in total. The van der Waals surface area contributed by atoms with Crippen molar-refractivity contribution < 1.29 is 14.3 Å². The van der Waals surface area contributed by atoms with Gasteiger partial charge < -0.3 is 15.4 Å². The standard InChI is InChI=1S/C20H19N5O3/c1-28-15-6-7-18-17(10-15)16(20(27)24-18)8-9-21-19(26)13-2-4-14(5-3-13)25-11-22-23-12-25/h2-7,10-12,16H,8-9H2,1H3,(H,21,26)(H,24,27). The molecule has 8 heteroatoms. The average Bonchev–Trinajstić information content (AvgIpc) is 3.36. The predicted molar refractivity (Wildman–Crippen MR) is 103 cm³/mol. The van der Waals surface area contributed by atoms with Gasteiger partial charge in [-0.2, -0.15) is 0 Å². The molecule has 4 rings (SSSR count). The van der Waals surface area contributed by atoms with Crippen LogP contribution >= 0.6 is 0 Å². The van der Waals surface area contributed by atoms with Gasteiger partial charge in [-0.25, -0.2) is 0 Å². The van der Waals surface area contributed by atoms with Crippen LogP contribution in [0.3, 0.4) is 0 Å². The zero-order valence-corrected chi connectivity index (χ0v) is 15.3. The van der Waals surface area contributed by atoms with E-state index in [0.717, 1.165) is 16.9 Å². The maximum Gasteiger partial charge on any atom is 0.251 e. The maximum atomic E-state index is 12.4. The molecule has 8 nitrogen and oxygen atoms in total. The fraction of sp³-hybridized carbons (Fsp3) is 0.200. The van der Waals surface area contributed by atoms with Crippen molar-refractivity contribution in [1.82, 2.24) is 20.1 Å². The second-order valence-corrected chi connectivity index (χ2v) is 6.46. The Morgan fingerprint density at radius 2 is 1.93 bits per heavy atom. The summed E-state index contributed by atoms with van der Waals surface area (Å²) in [4.78, 5) is 24.6. The molecule has 2 aromatic carbocycles. The van der Waals surface area contributed by atoms with Gasteiger partial charge in [0.2, 0.25) is 5.91 Å². The fourth-order valence-electron chi connectivity index (χ4n) is 3.27. The number of aromatic nitrogens is 3. The smallest absolute Gasteiger partial charge is 0.251 e. The Kier molecular flexibility index (Phi) is 4.76. The zero-order valence-electron chi connectivity index (χ0n) is 15.3. The van der Waals surface area contributed by atoms with Crippen molar-refractivity contribution >= 4 is 17.5 Å². The average molecular weight is 377 g/mol. The van der Waals surface area contributed by atoms with Crippen LogP contribution in [0.25, 0.3) is 5.69 Å². The van der Waals surface area contributed by atoms with Gasteiger partial charge in [-0.15, -0.1) is 10.2 Å². The first-order chi connectivity index (χ1) is 13.7. The van der Waals surface area contributed by atoms with Crippen molar-refractivity contribution in [3.05, 3.63) is 66.2 Å². The molecule has 1 atom stereocenters. The van der Waals surface area contributed by atoms with Crippen LogP contribution in [0.5, 0.6) is 5.75 Å². The molecular formula is C20H19N5O3. The van der Waals surface area contributed by atoms with Crippen molar-refractivity contribution in [3.63, 3.8) is 0 Å². The highest BCUT2D eigenvalue weighted by molar-refractivity contribution is 6.03. The number of carbonyl (C=O) groups is 2. The van der Waals surface area contributed by atoms with E-state index in [1.165, 1.54) is 0 Å². The highest BCUT2D eigenvalue weighted by atomic mass is 16.5. The lowest BCUT2D eigenvalue weighted by atomic mass is 9.97. The van der Waals surface area contributed by atoms with E-state index in [1.807, 2.05) is 30.3 Å². The van der Waals surface area contributed by atoms with Gasteiger partial charge in [-0.05, 0) is 54.4 Å². The number of rotatable bonds is 6. The third-order valence-electron chi connectivity index (χ3n) is 4.77. The molecule has 142 valence electrons. The van der Waals surface area contributed by atoms with Gasteiger partial charge in [0.05, 0.1) is 13.0 Å². The molecule has 2 amide bonds. The van der Waals surface area contributed by atoms with Crippen molar-refractivity contribution in [2.24, 2.45) is 0 Å². The Bertz CT molecular complexity index is 999. The van der Waals surface area contributed by atoms with Crippen molar-refractivity contribution in [2.75, 3.05) is 19.0 Å². The number of nitrogens with zero attached hydrogens (tertiary/aromatic N) is 3. The van der Waals surface area contributed by atoms with Crippen LogP contribution < -0.4 is 15.4 Å². The topological polar surface area (TPSA) is 98.1 Å². The summed E-state index contributed by atoms with van der Waals surface area (Å²) >= 11 is 0. The number of hydrogen-bond donors (Lipinski definition) is 2.